The van der Waals surface area contributed by atoms with Crippen LogP contribution in [0.25, 0.3) is 0 Å². The smallest absolute Gasteiger partial charge is 0.180 e. The largest absolute Gasteiger partial charge is 0.506 e. The summed E-state index contributed by atoms with van der Waals surface area (Å²) in [5.41, 5.74) is 5.34. The first-order chi connectivity index (χ1) is 6.47. The van der Waals surface area contributed by atoms with Crippen molar-refractivity contribution >= 4 is 15.5 Å². The van der Waals surface area contributed by atoms with Crippen LogP contribution in [0.3, 0.4) is 0 Å². The van der Waals surface area contributed by atoms with Crippen molar-refractivity contribution in [1.82, 2.24) is 0 Å². The van der Waals surface area contributed by atoms with Crippen LogP contribution < -0.4 is 5.73 Å². The van der Waals surface area contributed by atoms with Crippen LogP contribution >= 0.6 is 0 Å². The van der Waals surface area contributed by atoms with E-state index in [0.29, 0.717) is 0 Å². The van der Waals surface area contributed by atoms with Gasteiger partial charge in [-0.15, -0.1) is 0 Å². The minimum atomic E-state index is -3.49. The number of aliphatic hydroxyl groups is 1. The first-order valence-electron chi connectivity index (χ1n) is 3.89. The van der Waals surface area contributed by atoms with Crippen LogP contribution in [0.4, 0.5) is 5.69 Å². The zero-order valence-electron chi connectivity index (χ0n) is 7.34. The summed E-state index contributed by atoms with van der Waals surface area (Å²) in [7, 11) is -3.49. The predicted octanol–water partition coefficient (Wildman–Crippen LogP) is -0.260. The van der Waals surface area contributed by atoms with Crippen LogP contribution in [0.5, 0.6) is 5.75 Å². The predicted molar refractivity (Wildman–Crippen MR) is 51.7 cm³/mol. The molecule has 0 aliphatic carbocycles. The highest BCUT2D eigenvalue weighted by molar-refractivity contribution is 7.91. The van der Waals surface area contributed by atoms with Gasteiger partial charge in [-0.3, -0.25) is 0 Å². The molecule has 0 aliphatic heterocycles. The summed E-state index contributed by atoms with van der Waals surface area (Å²) in [6, 6.07) is 3.62. The molecule has 0 heterocycles. The van der Waals surface area contributed by atoms with Gasteiger partial charge in [0, 0.05) is 0 Å². The minimum absolute atomic E-state index is 0.00171. The van der Waals surface area contributed by atoms with Gasteiger partial charge in [-0.05, 0) is 18.2 Å². The Kier molecular flexibility index (Phi) is 2.97. The second kappa shape index (κ2) is 3.85. The number of phenols is 1. The molecule has 0 fully saturated rings. The number of phenolic OH excluding ortho intramolecular Hbond substituents is 1. The molecule has 0 unspecified atom stereocenters. The Labute approximate surface area is 81.7 Å². The van der Waals surface area contributed by atoms with E-state index in [1.54, 1.807) is 0 Å². The van der Waals surface area contributed by atoms with Gasteiger partial charge in [0.25, 0.3) is 0 Å². The van der Waals surface area contributed by atoms with Gasteiger partial charge in [0.15, 0.2) is 9.84 Å². The van der Waals surface area contributed by atoms with Crippen molar-refractivity contribution in [2.75, 3.05) is 18.1 Å². The van der Waals surface area contributed by atoms with E-state index < -0.39 is 16.4 Å². The number of nitrogen functional groups attached to an aromatic ring is 1. The minimum Gasteiger partial charge on any atom is -0.506 e. The van der Waals surface area contributed by atoms with Crippen molar-refractivity contribution < 1.29 is 18.6 Å². The lowest BCUT2D eigenvalue weighted by Crippen LogP contribution is -2.10. The lowest BCUT2D eigenvalue weighted by molar-refractivity contribution is 0.319. The average molecular weight is 217 g/mol. The lowest BCUT2D eigenvalue weighted by atomic mass is 10.3. The second-order valence-corrected chi connectivity index (χ2v) is 4.87. The van der Waals surface area contributed by atoms with Crippen LogP contribution in [0.2, 0.25) is 0 Å². The standard InChI is InChI=1S/C8H11NO4S/c9-7-5-6(1-2-8(7)11)14(12,13)4-3-10/h1-2,5,10-11H,3-4,9H2. The van der Waals surface area contributed by atoms with Gasteiger partial charge in [-0.2, -0.15) is 0 Å². The van der Waals surface area contributed by atoms with Crippen molar-refractivity contribution in [1.29, 1.82) is 0 Å². The molecule has 5 nitrogen and oxygen atoms in total. The third-order valence-electron chi connectivity index (χ3n) is 1.72. The highest BCUT2D eigenvalue weighted by Gasteiger charge is 2.14. The van der Waals surface area contributed by atoms with E-state index in [9.17, 15) is 8.42 Å². The van der Waals surface area contributed by atoms with Crippen molar-refractivity contribution in [2.24, 2.45) is 0 Å². The summed E-state index contributed by atoms with van der Waals surface area (Å²) < 4.78 is 22.8. The summed E-state index contributed by atoms with van der Waals surface area (Å²) in [4.78, 5) is 0.00171. The maximum atomic E-state index is 11.4. The van der Waals surface area contributed by atoms with E-state index in [0.717, 1.165) is 0 Å². The summed E-state index contributed by atoms with van der Waals surface area (Å²) in [6.07, 6.45) is 0. The molecule has 0 spiro atoms. The third kappa shape index (κ3) is 2.15. The number of nitrogens with two attached hydrogens (primary N) is 1. The van der Waals surface area contributed by atoms with Crippen LogP contribution in [-0.4, -0.2) is 31.0 Å². The zero-order chi connectivity index (χ0) is 10.8. The number of aromatic hydroxyl groups is 1. The van der Waals surface area contributed by atoms with Gasteiger partial charge in [-0.25, -0.2) is 8.42 Å². The summed E-state index contributed by atoms with van der Waals surface area (Å²) >= 11 is 0. The number of aliphatic hydroxyl groups excluding tert-OH is 1. The molecule has 0 saturated carbocycles. The van der Waals surface area contributed by atoms with Gasteiger partial charge in [-0.1, -0.05) is 0 Å². The van der Waals surface area contributed by atoms with Gasteiger partial charge >= 0.3 is 0 Å². The summed E-state index contributed by atoms with van der Waals surface area (Å²) in [5.74, 6) is -0.509. The Morgan fingerprint density at radius 1 is 1.36 bits per heavy atom. The van der Waals surface area contributed by atoms with Crippen molar-refractivity contribution in [3.63, 3.8) is 0 Å². The van der Waals surface area contributed by atoms with Crippen LogP contribution in [0.1, 0.15) is 0 Å². The van der Waals surface area contributed by atoms with Gasteiger partial charge in [0.05, 0.1) is 22.9 Å². The Morgan fingerprint density at radius 2 is 2.00 bits per heavy atom. The monoisotopic (exact) mass is 217 g/mol. The Hall–Kier alpha value is -1.27. The van der Waals surface area contributed by atoms with Crippen LogP contribution in [0, 0.1) is 0 Å². The SMILES string of the molecule is Nc1cc(S(=O)(=O)CCO)ccc1O. The normalized spacial score (nSPS) is 11.5. The van der Waals surface area contributed by atoms with E-state index in [2.05, 4.69) is 0 Å². The number of rotatable bonds is 3. The van der Waals surface area contributed by atoms with E-state index in [-0.39, 0.29) is 22.1 Å². The highest BCUT2D eigenvalue weighted by atomic mass is 32.2. The molecule has 0 saturated heterocycles. The van der Waals surface area contributed by atoms with Gasteiger partial charge in [0.2, 0.25) is 0 Å². The molecule has 1 rings (SSSR count). The summed E-state index contributed by atoms with van der Waals surface area (Å²) in [6.45, 7) is -0.441. The molecule has 4 N–H and O–H groups in total. The fourth-order valence-electron chi connectivity index (χ4n) is 0.964. The number of hydrogen-bond donors (Lipinski definition) is 3. The van der Waals surface area contributed by atoms with E-state index in [4.69, 9.17) is 15.9 Å². The number of benzene rings is 1. The summed E-state index contributed by atoms with van der Waals surface area (Å²) in [5, 5.41) is 17.6. The van der Waals surface area contributed by atoms with Crippen molar-refractivity contribution in [3.05, 3.63) is 18.2 Å². The van der Waals surface area contributed by atoms with Crippen molar-refractivity contribution in [2.45, 2.75) is 4.90 Å². The van der Waals surface area contributed by atoms with Crippen LogP contribution in [0.15, 0.2) is 23.1 Å². The molecular weight excluding hydrogens is 206 g/mol. The maximum absolute atomic E-state index is 11.4. The Morgan fingerprint density at radius 3 is 2.50 bits per heavy atom. The number of sulfone groups is 1. The van der Waals surface area contributed by atoms with Crippen LogP contribution in [-0.2, 0) is 9.84 Å². The van der Waals surface area contributed by atoms with Gasteiger partial charge in [0.1, 0.15) is 5.75 Å². The van der Waals surface area contributed by atoms with E-state index in [1.165, 1.54) is 18.2 Å². The van der Waals surface area contributed by atoms with Gasteiger partial charge < -0.3 is 15.9 Å². The topological polar surface area (TPSA) is 101 Å². The highest BCUT2D eigenvalue weighted by Crippen LogP contribution is 2.23. The Bertz CT molecular complexity index is 427. The molecule has 1 aromatic rings. The quantitative estimate of drug-likeness (QED) is 0.478. The number of hydrogen-bond acceptors (Lipinski definition) is 5. The van der Waals surface area contributed by atoms with E-state index in [1.807, 2.05) is 0 Å². The average Bonchev–Trinajstić information content (AvgIpc) is 2.09. The first-order valence-corrected chi connectivity index (χ1v) is 5.54. The fraction of sp³-hybridized carbons (Fsp3) is 0.250. The molecule has 1 aromatic carbocycles. The Balaban J connectivity index is 3.15. The fourth-order valence-corrected chi connectivity index (χ4v) is 2.02. The molecule has 0 amide bonds. The molecule has 0 aliphatic rings. The lowest BCUT2D eigenvalue weighted by Gasteiger charge is -2.04. The molecule has 0 bridgehead atoms. The molecular formula is C8H11NO4S. The third-order valence-corrected chi connectivity index (χ3v) is 3.41. The molecule has 0 radical (unpaired) electrons. The number of anilines is 1. The molecule has 0 atom stereocenters. The van der Waals surface area contributed by atoms with Crippen molar-refractivity contribution in [3.8, 4) is 5.75 Å². The molecule has 78 valence electrons. The maximum Gasteiger partial charge on any atom is 0.180 e. The molecule has 0 aromatic heterocycles. The zero-order valence-corrected chi connectivity index (χ0v) is 8.16. The second-order valence-electron chi connectivity index (χ2n) is 2.76. The molecule has 6 heteroatoms. The molecule has 14 heavy (non-hydrogen) atoms. The van der Waals surface area contributed by atoms with E-state index >= 15 is 0 Å². The first kappa shape index (κ1) is 10.8.